The second kappa shape index (κ2) is 3.79. The molecule has 4 nitrogen and oxygen atoms in total. The first kappa shape index (κ1) is 10.1. The molecule has 0 saturated heterocycles. The molecular weight excluding hydrogens is 192 g/mol. The van der Waals surface area contributed by atoms with Crippen LogP contribution in [0.15, 0.2) is 6.20 Å². The predicted octanol–water partition coefficient (Wildman–Crippen LogP) is 1.29. The third-order valence-corrected chi connectivity index (χ3v) is 1.63. The molecule has 0 spiro atoms. The molecule has 2 N–H and O–H groups in total. The number of nitriles is 1. The van der Waals surface area contributed by atoms with Gasteiger partial charge in [-0.2, -0.15) is 5.26 Å². The average molecular weight is 197 g/mol. The van der Waals surface area contributed by atoms with Crippen LogP contribution in [0.3, 0.4) is 0 Å². The van der Waals surface area contributed by atoms with Gasteiger partial charge >= 0.3 is 0 Å². The van der Waals surface area contributed by atoms with Crippen molar-refractivity contribution in [2.45, 2.75) is 6.43 Å². The highest BCUT2D eigenvalue weighted by atomic mass is 19.3. The van der Waals surface area contributed by atoms with Crippen molar-refractivity contribution in [2.24, 2.45) is 0 Å². The minimum absolute atomic E-state index is 0.156. The van der Waals surface area contributed by atoms with Gasteiger partial charge in [0, 0.05) is 0 Å². The van der Waals surface area contributed by atoms with Crippen molar-refractivity contribution in [3.8, 4) is 6.07 Å². The van der Waals surface area contributed by atoms with E-state index in [1.807, 2.05) is 0 Å². The average Bonchev–Trinajstić information content (AvgIpc) is 2.16. The van der Waals surface area contributed by atoms with E-state index in [0.29, 0.717) is 0 Å². The Kier molecular flexibility index (Phi) is 2.72. The Morgan fingerprint density at radius 3 is 2.71 bits per heavy atom. The molecule has 0 unspecified atom stereocenters. The molecule has 0 radical (unpaired) electrons. The number of nitrogens with zero attached hydrogens (tertiary/aromatic N) is 2. The second-order valence-corrected chi connectivity index (χ2v) is 2.42. The number of aromatic nitrogens is 1. The van der Waals surface area contributed by atoms with Gasteiger partial charge in [0.05, 0.1) is 23.0 Å². The topological polar surface area (TPSA) is 79.8 Å². The van der Waals surface area contributed by atoms with E-state index in [1.54, 1.807) is 0 Å². The van der Waals surface area contributed by atoms with Gasteiger partial charge in [-0.3, -0.25) is 4.79 Å². The molecule has 72 valence electrons. The molecule has 0 fully saturated rings. The van der Waals surface area contributed by atoms with Crippen molar-refractivity contribution >= 4 is 12.0 Å². The number of rotatable bonds is 2. The highest BCUT2D eigenvalue weighted by Gasteiger charge is 2.20. The van der Waals surface area contributed by atoms with Crippen molar-refractivity contribution < 1.29 is 13.6 Å². The summed E-state index contributed by atoms with van der Waals surface area (Å²) in [7, 11) is 0. The Morgan fingerprint density at radius 1 is 1.64 bits per heavy atom. The Hall–Kier alpha value is -2.03. The maximum atomic E-state index is 12.4. The third kappa shape index (κ3) is 1.52. The van der Waals surface area contributed by atoms with Gasteiger partial charge < -0.3 is 5.73 Å². The molecule has 6 heteroatoms. The number of pyridine rings is 1. The summed E-state index contributed by atoms with van der Waals surface area (Å²) in [6.07, 6.45) is -1.80. The molecule has 1 aromatic heterocycles. The summed E-state index contributed by atoms with van der Waals surface area (Å²) in [5, 5.41) is 8.49. The van der Waals surface area contributed by atoms with Gasteiger partial charge in [-0.05, 0) is 0 Å². The Bertz CT molecular complexity index is 412. The molecule has 1 aromatic rings. The van der Waals surface area contributed by atoms with Crippen molar-refractivity contribution in [2.75, 3.05) is 5.73 Å². The van der Waals surface area contributed by atoms with E-state index in [0.717, 1.165) is 6.20 Å². The molecule has 0 aromatic carbocycles. The zero-order chi connectivity index (χ0) is 10.7. The fraction of sp³-hybridized carbons (Fsp3) is 0.125. The van der Waals surface area contributed by atoms with E-state index >= 15 is 0 Å². The summed E-state index contributed by atoms with van der Waals surface area (Å²) in [5.41, 5.74) is 3.50. The van der Waals surface area contributed by atoms with E-state index in [4.69, 9.17) is 11.0 Å². The molecule has 1 heterocycles. The smallest absolute Gasteiger partial charge is 0.266 e. The molecule has 14 heavy (non-hydrogen) atoms. The summed E-state index contributed by atoms with van der Waals surface area (Å²) in [5.74, 6) is 0. The van der Waals surface area contributed by atoms with Crippen molar-refractivity contribution in [1.82, 2.24) is 4.98 Å². The van der Waals surface area contributed by atoms with Crippen LogP contribution in [0.2, 0.25) is 0 Å². The van der Waals surface area contributed by atoms with Crippen LogP contribution in [-0.2, 0) is 0 Å². The quantitative estimate of drug-likeness (QED) is 0.724. The monoisotopic (exact) mass is 197 g/mol. The van der Waals surface area contributed by atoms with Gasteiger partial charge in [-0.15, -0.1) is 0 Å². The normalized spacial score (nSPS) is 9.86. The largest absolute Gasteiger partial charge is 0.397 e. The first-order chi connectivity index (χ1) is 6.61. The molecule has 0 atom stereocenters. The van der Waals surface area contributed by atoms with Crippen LogP contribution in [0.4, 0.5) is 14.5 Å². The number of halogens is 2. The highest BCUT2D eigenvalue weighted by Crippen LogP contribution is 2.28. The number of carbonyl (C=O) groups excluding carboxylic acids is 1. The van der Waals surface area contributed by atoms with Crippen LogP contribution in [0.5, 0.6) is 0 Å². The van der Waals surface area contributed by atoms with E-state index in [1.165, 1.54) is 6.07 Å². The fourth-order valence-corrected chi connectivity index (χ4v) is 1.01. The molecule has 0 bridgehead atoms. The number of nitrogens with two attached hydrogens (primary N) is 1. The molecule has 0 aliphatic rings. The molecule has 0 amide bonds. The zero-order valence-corrected chi connectivity index (χ0v) is 6.87. The minimum Gasteiger partial charge on any atom is -0.397 e. The lowest BCUT2D eigenvalue weighted by atomic mass is 10.1. The fourth-order valence-electron chi connectivity index (χ4n) is 1.01. The van der Waals surface area contributed by atoms with Gasteiger partial charge in [0.2, 0.25) is 0 Å². The van der Waals surface area contributed by atoms with Crippen molar-refractivity contribution in [1.29, 1.82) is 5.26 Å². The van der Waals surface area contributed by atoms with Gasteiger partial charge in [0.15, 0.2) is 12.0 Å². The number of anilines is 1. The number of alkyl halides is 2. The van der Waals surface area contributed by atoms with Gasteiger partial charge in [-0.1, -0.05) is 0 Å². The van der Waals surface area contributed by atoms with Gasteiger partial charge in [0.1, 0.15) is 6.07 Å². The summed E-state index contributed by atoms with van der Waals surface area (Å²) in [6.45, 7) is 0. The summed E-state index contributed by atoms with van der Waals surface area (Å²) in [4.78, 5) is 13.9. The van der Waals surface area contributed by atoms with Crippen LogP contribution in [0.1, 0.15) is 28.0 Å². The number of hydrogen-bond donors (Lipinski definition) is 1. The standard InChI is InChI=1S/C8H5F2N3O/c9-8(10)7-4(3-14)6(1-11)13-2-5(7)12/h2-3,8H,12H2. The maximum Gasteiger partial charge on any atom is 0.266 e. The van der Waals surface area contributed by atoms with Crippen LogP contribution < -0.4 is 5.73 Å². The van der Waals surface area contributed by atoms with Crippen molar-refractivity contribution in [3.63, 3.8) is 0 Å². The lowest BCUT2D eigenvalue weighted by Gasteiger charge is -2.07. The number of nitrogen functional groups attached to an aromatic ring is 1. The zero-order valence-electron chi connectivity index (χ0n) is 6.87. The highest BCUT2D eigenvalue weighted by molar-refractivity contribution is 5.83. The van der Waals surface area contributed by atoms with E-state index in [2.05, 4.69) is 4.98 Å². The van der Waals surface area contributed by atoms with Crippen molar-refractivity contribution in [3.05, 3.63) is 23.0 Å². The SMILES string of the molecule is N#Cc1ncc(N)c(C(F)F)c1C=O. The second-order valence-electron chi connectivity index (χ2n) is 2.42. The summed E-state index contributed by atoms with van der Waals surface area (Å²) < 4.78 is 24.8. The number of hydrogen-bond acceptors (Lipinski definition) is 4. The third-order valence-electron chi connectivity index (χ3n) is 1.63. The predicted molar refractivity (Wildman–Crippen MR) is 43.7 cm³/mol. The maximum absolute atomic E-state index is 12.4. The Balaban J connectivity index is 3.52. The molecular formula is C8H5F2N3O. The number of carbonyl (C=O) groups is 1. The lowest BCUT2D eigenvalue weighted by Crippen LogP contribution is -2.04. The Labute approximate surface area is 78.0 Å². The first-order valence-electron chi connectivity index (χ1n) is 3.53. The first-order valence-corrected chi connectivity index (χ1v) is 3.53. The summed E-state index contributed by atoms with van der Waals surface area (Å²) >= 11 is 0. The Morgan fingerprint density at radius 2 is 2.29 bits per heavy atom. The van der Waals surface area contributed by atoms with Gasteiger partial charge in [0.25, 0.3) is 6.43 Å². The molecule has 0 aliphatic carbocycles. The summed E-state index contributed by atoms with van der Waals surface area (Å²) in [6, 6.07) is 1.54. The molecule has 0 aliphatic heterocycles. The van der Waals surface area contributed by atoms with Crippen LogP contribution in [0, 0.1) is 11.3 Å². The van der Waals surface area contributed by atoms with E-state index < -0.39 is 17.6 Å². The minimum atomic E-state index is -2.90. The van der Waals surface area contributed by atoms with Gasteiger partial charge in [-0.25, -0.2) is 13.8 Å². The van der Waals surface area contributed by atoms with Crippen LogP contribution >= 0.6 is 0 Å². The lowest BCUT2D eigenvalue weighted by molar-refractivity contribution is 0.110. The van der Waals surface area contributed by atoms with E-state index in [-0.39, 0.29) is 17.7 Å². The van der Waals surface area contributed by atoms with Crippen LogP contribution in [0.25, 0.3) is 0 Å². The van der Waals surface area contributed by atoms with Crippen LogP contribution in [-0.4, -0.2) is 11.3 Å². The molecule has 1 rings (SSSR count). The number of aldehydes is 1. The van der Waals surface area contributed by atoms with E-state index in [9.17, 15) is 13.6 Å². The molecule has 0 saturated carbocycles.